The molecule has 2 aromatic carbocycles. The van der Waals surface area contributed by atoms with E-state index in [1.807, 2.05) is 60.7 Å². The molecule has 1 aliphatic carbocycles. The van der Waals surface area contributed by atoms with Crippen molar-refractivity contribution in [2.45, 2.75) is 12.8 Å². The van der Waals surface area contributed by atoms with E-state index in [1.54, 1.807) is 14.2 Å². The molecule has 3 nitrogen and oxygen atoms in total. The van der Waals surface area contributed by atoms with E-state index in [0.717, 1.165) is 46.6 Å². The summed E-state index contributed by atoms with van der Waals surface area (Å²) in [6.45, 7) is 0. The number of carbonyl (C=O) groups excluding carboxylic acids is 1. The molecule has 0 aromatic heterocycles. The van der Waals surface area contributed by atoms with Gasteiger partial charge in [0.2, 0.25) is 0 Å². The molecule has 1 fully saturated rings. The third kappa shape index (κ3) is 3.25. The second kappa shape index (κ2) is 7.18. The molecule has 24 heavy (non-hydrogen) atoms. The molecule has 0 atom stereocenters. The minimum Gasteiger partial charge on any atom is -0.496 e. The predicted molar refractivity (Wildman–Crippen MR) is 96.2 cm³/mol. The van der Waals surface area contributed by atoms with Gasteiger partial charge in [-0.1, -0.05) is 36.4 Å². The molecule has 122 valence electrons. The van der Waals surface area contributed by atoms with Crippen molar-refractivity contribution in [3.05, 3.63) is 70.8 Å². The van der Waals surface area contributed by atoms with E-state index in [-0.39, 0.29) is 5.78 Å². The second-order valence-electron chi connectivity index (χ2n) is 5.65. The third-order valence-electron chi connectivity index (χ3n) is 4.18. The van der Waals surface area contributed by atoms with Crippen LogP contribution in [0.15, 0.2) is 59.7 Å². The number of benzene rings is 2. The van der Waals surface area contributed by atoms with Gasteiger partial charge in [0, 0.05) is 22.3 Å². The first-order valence-corrected chi connectivity index (χ1v) is 7.95. The molecule has 1 saturated carbocycles. The van der Waals surface area contributed by atoms with Crippen molar-refractivity contribution in [3.8, 4) is 11.5 Å². The summed E-state index contributed by atoms with van der Waals surface area (Å²) in [6.07, 6.45) is 5.37. The number of methoxy groups -OCH3 is 2. The smallest absolute Gasteiger partial charge is 0.185 e. The van der Waals surface area contributed by atoms with Gasteiger partial charge in [-0.25, -0.2) is 0 Å². The van der Waals surface area contributed by atoms with Crippen molar-refractivity contribution in [1.29, 1.82) is 0 Å². The topological polar surface area (TPSA) is 35.5 Å². The predicted octanol–water partition coefficient (Wildman–Crippen LogP) is 4.53. The highest BCUT2D eigenvalue weighted by Gasteiger charge is 2.23. The van der Waals surface area contributed by atoms with Crippen molar-refractivity contribution < 1.29 is 14.3 Å². The standard InChI is InChI=1S/C21H20O3/c1-23-19-9-5-3-7-15(19)13-17-11-12-18(21(17)22)14-16-8-4-6-10-20(16)24-2/h3-10,13-14H,11-12H2,1-2H3/b17-13-,18-14-. The van der Waals surface area contributed by atoms with Crippen LogP contribution in [0.4, 0.5) is 0 Å². The average Bonchev–Trinajstić information content (AvgIpc) is 2.96. The lowest BCUT2D eigenvalue weighted by molar-refractivity contribution is -0.111. The highest BCUT2D eigenvalue weighted by atomic mass is 16.5. The number of Topliss-reactive ketones (excluding diaryl/α,β-unsaturated/α-hetero) is 1. The number of rotatable bonds is 4. The van der Waals surface area contributed by atoms with Crippen molar-refractivity contribution >= 4 is 17.9 Å². The molecule has 0 N–H and O–H groups in total. The van der Waals surface area contributed by atoms with Crippen LogP contribution in [0, 0.1) is 0 Å². The molecule has 1 aliphatic rings. The van der Waals surface area contributed by atoms with Crippen LogP contribution in [0.25, 0.3) is 12.2 Å². The molecule has 0 saturated heterocycles. The monoisotopic (exact) mass is 320 g/mol. The number of ketones is 1. The van der Waals surface area contributed by atoms with E-state index < -0.39 is 0 Å². The summed E-state index contributed by atoms with van der Waals surface area (Å²) in [7, 11) is 3.28. The molecular weight excluding hydrogens is 300 g/mol. The minimum absolute atomic E-state index is 0.104. The molecule has 0 unspecified atom stereocenters. The minimum atomic E-state index is 0.104. The van der Waals surface area contributed by atoms with Gasteiger partial charge in [-0.15, -0.1) is 0 Å². The molecule has 0 amide bonds. The Labute approximate surface area is 142 Å². The maximum atomic E-state index is 12.7. The largest absolute Gasteiger partial charge is 0.496 e. The van der Waals surface area contributed by atoms with E-state index in [9.17, 15) is 4.79 Å². The van der Waals surface area contributed by atoms with Gasteiger partial charge in [0.25, 0.3) is 0 Å². The zero-order chi connectivity index (χ0) is 16.9. The van der Waals surface area contributed by atoms with Crippen LogP contribution < -0.4 is 9.47 Å². The first-order chi connectivity index (χ1) is 11.7. The first kappa shape index (κ1) is 16.1. The van der Waals surface area contributed by atoms with Gasteiger partial charge in [0.05, 0.1) is 14.2 Å². The normalized spacial score (nSPS) is 17.5. The summed E-state index contributed by atoms with van der Waals surface area (Å²) in [5.41, 5.74) is 3.50. The number of para-hydroxylation sites is 2. The summed E-state index contributed by atoms with van der Waals surface area (Å²) < 4.78 is 10.7. The van der Waals surface area contributed by atoms with Crippen molar-refractivity contribution in [1.82, 2.24) is 0 Å². The van der Waals surface area contributed by atoms with Crippen LogP contribution in [-0.4, -0.2) is 20.0 Å². The third-order valence-corrected chi connectivity index (χ3v) is 4.18. The fourth-order valence-corrected chi connectivity index (χ4v) is 2.92. The highest BCUT2D eigenvalue weighted by Crippen LogP contribution is 2.32. The number of carbonyl (C=O) groups is 1. The Balaban J connectivity index is 1.90. The van der Waals surface area contributed by atoms with E-state index in [0.29, 0.717) is 0 Å². The van der Waals surface area contributed by atoms with Crippen LogP contribution in [-0.2, 0) is 4.79 Å². The average molecular weight is 320 g/mol. The summed E-state index contributed by atoms with van der Waals surface area (Å²) in [5, 5.41) is 0. The Kier molecular flexibility index (Phi) is 4.80. The zero-order valence-electron chi connectivity index (χ0n) is 13.9. The van der Waals surface area contributed by atoms with E-state index >= 15 is 0 Å². The molecule has 3 rings (SSSR count). The number of allylic oxidation sites excluding steroid dienone is 2. The maximum absolute atomic E-state index is 12.7. The van der Waals surface area contributed by atoms with Gasteiger partial charge >= 0.3 is 0 Å². The molecule has 0 radical (unpaired) electrons. The van der Waals surface area contributed by atoms with Gasteiger partial charge in [-0.05, 0) is 37.1 Å². The highest BCUT2D eigenvalue weighted by molar-refractivity contribution is 6.15. The van der Waals surface area contributed by atoms with E-state index in [2.05, 4.69) is 0 Å². The molecule has 0 heterocycles. The fraction of sp³-hybridized carbons (Fsp3) is 0.190. The van der Waals surface area contributed by atoms with Crippen LogP contribution in [0.1, 0.15) is 24.0 Å². The molecule has 0 aliphatic heterocycles. The van der Waals surface area contributed by atoms with Gasteiger partial charge < -0.3 is 9.47 Å². The fourth-order valence-electron chi connectivity index (χ4n) is 2.92. The van der Waals surface area contributed by atoms with Gasteiger partial charge in [0.15, 0.2) is 5.78 Å². The van der Waals surface area contributed by atoms with Gasteiger partial charge in [-0.2, -0.15) is 0 Å². The molecule has 0 bridgehead atoms. The zero-order valence-corrected chi connectivity index (χ0v) is 13.9. The van der Waals surface area contributed by atoms with Crippen LogP contribution in [0.2, 0.25) is 0 Å². The van der Waals surface area contributed by atoms with Crippen molar-refractivity contribution in [3.63, 3.8) is 0 Å². The van der Waals surface area contributed by atoms with Crippen molar-refractivity contribution in [2.24, 2.45) is 0 Å². The summed E-state index contributed by atoms with van der Waals surface area (Å²) in [6, 6.07) is 15.4. The Morgan fingerprint density at radius 2 is 1.17 bits per heavy atom. The molecular formula is C21H20O3. The van der Waals surface area contributed by atoms with Gasteiger partial charge in [-0.3, -0.25) is 4.79 Å². The summed E-state index contributed by atoms with van der Waals surface area (Å²) in [4.78, 5) is 12.7. The summed E-state index contributed by atoms with van der Waals surface area (Å²) >= 11 is 0. The molecule has 2 aromatic rings. The van der Waals surface area contributed by atoms with Crippen molar-refractivity contribution in [2.75, 3.05) is 14.2 Å². The molecule has 0 spiro atoms. The lowest BCUT2D eigenvalue weighted by atomic mass is 10.1. The number of hydrogen-bond acceptors (Lipinski definition) is 3. The quantitative estimate of drug-likeness (QED) is 0.776. The van der Waals surface area contributed by atoms with Gasteiger partial charge in [0.1, 0.15) is 11.5 Å². The first-order valence-electron chi connectivity index (χ1n) is 7.95. The Morgan fingerprint density at radius 1 is 0.750 bits per heavy atom. The van der Waals surface area contributed by atoms with Crippen LogP contribution in [0.3, 0.4) is 0 Å². The number of hydrogen-bond donors (Lipinski definition) is 0. The Morgan fingerprint density at radius 3 is 1.58 bits per heavy atom. The van der Waals surface area contributed by atoms with Crippen LogP contribution in [0.5, 0.6) is 11.5 Å². The van der Waals surface area contributed by atoms with E-state index in [1.165, 1.54) is 0 Å². The molecule has 3 heteroatoms. The second-order valence-corrected chi connectivity index (χ2v) is 5.65. The van der Waals surface area contributed by atoms with Crippen LogP contribution >= 0.6 is 0 Å². The lowest BCUT2D eigenvalue weighted by Gasteiger charge is -2.05. The SMILES string of the molecule is COc1ccccc1/C=C1/CC/C(=C/c2ccccc2OC)C1=O. The lowest BCUT2D eigenvalue weighted by Crippen LogP contribution is -1.97. The van der Waals surface area contributed by atoms with E-state index in [4.69, 9.17) is 9.47 Å². The maximum Gasteiger partial charge on any atom is 0.185 e. The Bertz CT molecular complexity index is 748. The Hall–Kier alpha value is -2.81. The summed E-state index contributed by atoms with van der Waals surface area (Å²) in [5.74, 6) is 1.66. The number of ether oxygens (including phenoxy) is 2.